The average Bonchev–Trinajstić information content (AvgIpc) is 3.62. The van der Waals surface area contributed by atoms with Crippen molar-refractivity contribution in [1.29, 1.82) is 0 Å². The molecule has 1 aromatic carbocycles. The van der Waals surface area contributed by atoms with Crippen LogP contribution in [0.4, 0.5) is 0 Å². The summed E-state index contributed by atoms with van der Waals surface area (Å²) in [7, 11) is 1.96. The Morgan fingerprint density at radius 2 is 2.03 bits per heavy atom. The molecule has 35 heavy (non-hydrogen) atoms. The van der Waals surface area contributed by atoms with E-state index in [2.05, 4.69) is 60.7 Å². The second-order valence-corrected chi connectivity index (χ2v) is 8.79. The number of pyridine rings is 1. The monoisotopic (exact) mass is 487 g/mol. The highest BCUT2D eigenvalue weighted by molar-refractivity contribution is 7.79. The molecule has 6 nitrogen and oxygen atoms in total. The van der Waals surface area contributed by atoms with Gasteiger partial charge in [0, 0.05) is 53.6 Å². The van der Waals surface area contributed by atoms with E-state index in [1.54, 1.807) is 10.8 Å². The van der Waals surface area contributed by atoms with Gasteiger partial charge < -0.3 is 14.9 Å². The highest BCUT2D eigenvalue weighted by atomic mass is 32.1. The van der Waals surface area contributed by atoms with Gasteiger partial charge in [-0.3, -0.25) is 4.79 Å². The first-order chi connectivity index (χ1) is 17.1. The summed E-state index contributed by atoms with van der Waals surface area (Å²) in [6.07, 6.45) is 10.3. The molecule has 0 bridgehead atoms. The number of hydrogen-bond donors (Lipinski definition) is 3. The fraction of sp³-hybridized carbons (Fsp3) is 0.321. The summed E-state index contributed by atoms with van der Waals surface area (Å²) in [5, 5.41) is 4.17. The first kappa shape index (κ1) is 24.9. The van der Waals surface area contributed by atoms with Gasteiger partial charge in [-0.15, -0.1) is 6.58 Å². The molecule has 0 amide bonds. The van der Waals surface area contributed by atoms with Gasteiger partial charge in [-0.2, -0.15) is 12.6 Å². The fourth-order valence-corrected chi connectivity index (χ4v) is 4.43. The van der Waals surface area contributed by atoms with Crippen LogP contribution in [0, 0.1) is 6.92 Å². The molecule has 1 aliphatic rings. The van der Waals surface area contributed by atoms with Crippen molar-refractivity contribution >= 4 is 23.5 Å². The second kappa shape index (κ2) is 11.1. The number of aromatic amines is 1. The van der Waals surface area contributed by atoms with E-state index in [9.17, 15) is 4.79 Å². The maximum absolute atomic E-state index is 13.0. The number of nitrogens with one attached hydrogen (secondary N) is 2. The zero-order chi connectivity index (χ0) is 24.9. The minimum Gasteiger partial charge on any atom is -0.357 e. The van der Waals surface area contributed by atoms with Crippen LogP contribution in [0.3, 0.4) is 0 Å². The van der Waals surface area contributed by atoms with Crippen molar-refractivity contribution in [2.24, 2.45) is 0 Å². The Labute approximate surface area is 211 Å². The maximum Gasteiger partial charge on any atom is 0.274 e. The van der Waals surface area contributed by atoms with E-state index in [-0.39, 0.29) is 5.56 Å². The van der Waals surface area contributed by atoms with Crippen LogP contribution in [0.15, 0.2) is 60.2 Å². The van der Waals surface area contributed by atoms with Gasteiger partial charge in [0.25, 0.3) is 5.56 Å². The zero-order valence-corrected chi connectivity index (χ0v) is 21.5. The van der Waals surface area contributed by atoms with E-state index in [4.69, 9.17) is 9.97 Å². The van der Waals surface area contributed by atoms with Gasteiger partial charge in [-0.05, 0) is 62.7 Å². The summed E-state index contributed by atoms with van der Waals surface area (Å²) in [5.41, 5.74) is 6.96. The maximum atomic E-state index is 13.0. The molecule has 1 saturated carbocycles. The zero-order valence-electron chi connectivity index (χ0n) is 20.6. The lowest BCUT2D eigenvalue weighted by atomic mass is 10.0. The first-order valence-electron chi connectivity index (χ1n) is 12.0. The van der Waals surface area contributed by atoms with E-state index in [0.29, 0.717) is 18.0 Å². The lowest BCUT2D eigenvalue weighted by Crippen LogP contribution is -2.20. The van der Waals surface area contributed by atoms with Crippen molar-refractivity contribution in [1.82, 2.24) is 24.8 Å². The number of aryl methyl sites for hydroxylation is 2. The third-order valence-electron chi connectivity index (χ3n) is 6.39. The third-order valence-corrected chi connectivity index (χ3v) is 6.39. The van der Waals surface area contributed by atoms with E-state index in [0.717, 1.165) is 59.5 Å². The van der Waals surface area contributed by atoms with Gasteiger partial charge in [0.05, 0.1) is 5.69 Å². The molecular weight excluding hydrogens is 454 g/mol. The van der Waals surface area contributed by atoms with E-state index >= 15 is 0 Å². The Balaban J connectivity index is 0.00000141. The smallest absolute Gasteiger partial charge is 0.274 e. The predicted octanol–water partition coefficient (Wildman–Crippen LogP) is 5.48. The van der Waals surface area contributed by atoms with Gasteiger partial charge in [0.1, 0.15) is 5.52 Å². The van der Waals surface area contributed by atoms with Crippen LogP contribution in [0.1, 0.15) is 42.0 Å². The molecule has 1 aliphatic carbocycles. The lowest BCUT2D eigenvalue weighted by Gasteiger charge is -2.15. The van der Waals surface area contributed by atoms with Crippen molar-refractivity contribution in [3.63, 3.8) is 0 Å². The SMILES string of the molecule is C=CCCn1cc(-c2cc(C3CC3)nc(-c3cccc(C)c3CNC)n2)c2cc[nH]c2c1=O.CS. The molecule has 0 saturated heterocycles. The molecule has 0 atom stereocenters. The number of nitrogens with zero attached hydrogens (tertiary/aromatic N) is 3. The summed E-state index contributed by atoms with van der Waals surface area (Å²) >= 11 is 3.53. The minimum atomic E-state index is -0.0210. The van der Waals surface area contributed by atoms with Gasteiger partial charge in [0.15, 0.2) is 5.82 Å². The van der Waals surface area contributed by atoms with Crippen molar-refractivity contribution in [2.45, 2.75) is 45.2 Å². The molecule has 7 heteroatoms. The van der Waals surface area contributed by atoms with Crippen LogP contribution in [-0.2, 0) is 13.1 Å². The fourth-order valence-electron chi connectivity index (χ4n) is 4.43. The summed E-state index contributed by atoms with van der Waals surface area (Å²) in [5.74, 6) is 1.23. The van der Waals surface area contributed by atoms with Crippen LogP contribution in [0.2, 0.25) is 0 Å². The minimum absolute atomic E-state index is 0.0210. The predicted molar refractivity (Wildman–Crippen MR) is 148 cm³/mol. The molecule has 5 rings (SSSR count). The highest BCUT2D eigenvalue weighted by Gasteiger charge is 2.27. The Kier molecular flexibility index (Phi) is 7.88. The quantitative estimate of drug-likeness (QED) is 0.227. The number of rotatable bonds is 8. The van der Waals surface area contributed by atoms with Crippen LogP contribution < -0.4 is 10.9 Å². The molecule has 182 valence electrons. The van der Waals surface area contributed by atoms with Crippen molar-refractivity contribution in [2.75, 3.05) is 13.3 Å². The Hall–Kier alpha value is -3.16. The Morgan fingerprint density at radius 3 is 2.74 bits per heavy atom. The highest BCUT2D eigenvalue weighted by Crippen LogP contribution is 2.41. The number of aromatic nitrogens is 4. The largest absolute Gasteiger partial charge is 0.357 e. The topological polar surface area (TPSA) is 75.6 Å². The van der Waals surface area contributed by atoms with Gasteiger partial charge in [-0.25, -0.2) is 9.97 Å². The van der Waals surface area contributed by atoms with Crippen LogP contribution >= 0.6 is 12.6 Å². The molecule has 3 aromatic heterocycles. The van der Waals surface area contributed by atoms with Crippen LogP contribution in [0.5, 0.6) is 0 Å². The standard InChI is InChI=1S/C27H29N5O.CH4S/c1-4-5-13-32-16-22(19-11-12-29-25(19)27(32)33)24-14-23(18-9-10-18)30-26(31-24)20-8-6-7-17(2)21(20)15-28-3;1-2/h4,6-8,11-12,14,16,18,28-29H,1,5,9-10,13,15H2,2-3H3;2H,1H3. The molecule has 3 heterocycles. The molecule has 4 aromatic rings. The molecule has 1 fully saturated rings. The van der Waals surface area contributed by atoms with Crippen molar-refractivity contribution in [3.05, 3.63) is 82.6 Å². The Bertz CT molecular complexity index is 1400. The van der Waals surface area contributed by atoms with Crippen molar-refractivity contribution in [3.8, 4) is 22.6 Å². The molecule has 0 spiro atoms. The van der Waals surface area contributed by atoms with Gasteiger partial charge in [-0.1, -0.05) is 24.3 Å². The van der Waals surface area contributed by atoms with Crippen LogP contribution in [-0.4, -0.2) is 32.8 Å². The molecule has 0 aliphatic heterocycles. The summed E-state index contributed by atoms with van der Waals surface area (Å²) in [6.45, 7) is 7.27. The summed E-state index contributed by atoms with van der Waals surface area (Å²) < 4.78 is 1.76. The number of allylic oxidation sites excluding steroid dienone is 1. The van der Waals surface area contributed by atoms with Crippen LogP contribution in [0.25, 0.3) is 33.5 Å². The number of fused-ring (bicyclic) bond motifs is 1. The second-order valence-electron chi connectivity index (χ2n) is 8.79. The average molecular weight is 488 g/mol. The molecule has 0 radical (unpaired) electrons. The Morgan fingerprint density at radius 1 is 1.23 bits per heavy atom. The first-order valence-corrected chi connectivity index (χ1v) is 12.9. The molecule has 0 unspecified atom stereocenters. The lowest BCUT2D eigenvalue weighted by molar-refractivity contribution is 0.687. The number of benzene rings is 1. The van der Waals surface area contributed by atoms with Gasteiger partial charge in [0.2, 0.25) is 0 Å². The van der Waals surface area contributed by atoms with Crippen molar-refractivity contribution < 1.29 is 0 Å². The van der Waals surface area contributed by atoms with E-state index in [1.165, 1.54) is 11.1 Å². The normalized spacial score (nSPS) is 12.9. The number of thiol groups is 1. The number of H-pyrrole nitrogens is 1. The summed E-state index contributed by atoms with van der Waals surface area (Å²) in [6, 6.07) is 10.4. The van der Waals surface area contributed by atoms with E-state index in [1.807, 2.05) is 31.6 Å². The van der Waals surface area contributed by atoms with Gasteiger partial charge >= 0.3 is 0 Å². The van der Waals surface area contributed by atoms with E-state index < -0.39 is 0 Å². The number of hydrogen-bond acceptors (Lipinski definition) is 5. The molecular formula is C28H33N5OS. The summed E-state index contributed by atoms with van der Waals surface area (Å²) in [4.78, 5) is 26.2. The molecule has 2 N–H and O–H groups in total. The third kappa shape index (κ3) is 5.11.